The standard InChI is InChI=1S/C29H31ClN2O4/c30-25-13-15-26(16-14-25)35-22-27(33)32-20-17-29(18-21-32,24-11-5-2-6-12-24)36-28(34)31-19-7-10-23-8-3-1-4-9-23/h1-6,8-9,11-16H,7,10,17-22H2,(H,31,34). The normalized spacial score (nSPS) is 14.6. The fourth-order valence-corrected chi connectivity index (χ4v) is 4.54. The Morgan fingerprint density at radius 3 is 2.19 bits per heavy atom. The summed E-state index contributed by atoms with van der Waals surface area (Å²) in [5.74, 6) is 0.493. The molecule has 0 aromatic heterocycles. The van der Waals surface area contributed by atoms with Gasteiger partial charge in [0, 0.05) is 37.5 Å². The molecule has 1 saturated heterocycles. The van der Waals surface area contributed by atoms with Gasteiger partial charge in [-0.2, -0.15) is 0 Å². The monoisotopic (exact) mass is 506 g/mol. The number of amides is 2. The van der Waals surface area contributed by atoms with Gasteiger partial charge in [-0.1, -0.05) is 72.3 Å². The summed E-state index contributed by atoms with van der Waals surface area (Å²) in [6.07, 6.45) is 2.31. The van der Waals surface area contributed by atoms with E-state index in [0.717, 1.165) is 18.4 Å². The molecule has 1 N–H and O–H groups in total. The molecule has 0 aliphatic carbocycles. The highest BCUT2D eigenvalue weighted by molar-refractivity contribution is 6.30. The van der Waals surface area contributed by atoms with E-state index in [1.165, 1.54) is 5.56 Å². The molecule has 0 unspecified atom stereocenters. The Labute approximate surface area is 217 Å². The molecule has 3 aromatic rings. The summed E-state index contributed by atoms with van der Waals surface area (Å²) in [4.78, 5) is 27.3. The van der Waals surface area contributed by atoms with Crippen molar-refractivity contribution < 1.29 is 19.1 Å². The fourth-order valence-electron chi connectivity index (χ4n) is 4.42. The number of benzene rings is 3. The number of carbonyl (C=O) groups is 2. The van der Waals surface area contributed by atoms with Crippen LogP contribution in [0.5, 0.6) is 5.75 Å². The van der Waals surface area contributed by atoms with Crippen LogP contribution in [-0.2, 0) is 21.6 Å². The SMILES string of the molecule is O=C(NCCCc1ccccc1)OC1(c2ccccc2)CCN(C(=O)COc2ccc(Cl)cc2)CC1. The molecule has 6 nitrogen and oxygen atoms in total. The lowest BCUT2D eigenvalue weighted by Gasteiger charge is -2.41. The number of hydrogen-bond acceptors (Lipinski definition) is 4. The summed E-state index contributed by atoms with van der Waals surface area (Å²) in [6, 6.07) is 26.9. The van der Waals surface area contributed by atoms with Gasteiger partial charge in [-0.3, -0.25) is 4.79 Å². The smallest absolute Gasteiger partial charge is 0.408 e. The first kappa shape index (κ1) is 25.6. The highest BCUT2D eigenvalue weighted by Crippen LogP contribution is 2.37. The van der Waals surface area contributed by atoms with Crippen LogP contribution in [0.1, 0.15) is 30.4 Å². The van der Waals surface area contributed by atoms with Gasteiger partial charge in [0.05, 0.1) is 0 Å². The number of carbonyl (C=O) groups excluding carboxylic acids is 2. The lowest BCUT2D eigenvalue weighted by Crippen LogP contribution is -2.49. The zero-order valence-electron chi connectivity index (χ0n) is 20.2. The minimum atomic E-state index is -0.779. The van der Waals surface area contributed by atoms with E-state index in [1.54, 1.807) is 29.2 Å². The van der Waals surface area contributed by atoms with Crippen LogP contribution in [-0.4, -0.2) is 43.1 Å². The topological polar surface area (TPSA) is 67.9 Å². The van der Waals surface area contributed by atoms with Crippen molar-refractivity contribution in [1.29, 1.82) is 0 Å². The highest BCUT2D eigenvalue weighted by atomic mass is 35.5. The third kappa shape index (κ3) is 7.01. The molecule has 2 amide bonds. The number of alkyl carbamates (subject to hydrolysis) is 1. The van der Waals surface area contributed by atoms with Gasteiger partial charge in [-0.05, 0) is 48.2 Å². The number of halogens is 1. The van der Waals surface area contributed by atoms with Crippen LogP contribution in [0.25, 0.3) is 0 Å². The molecule has 1 aliphatic heterocycles. The second kappa shape index (κ2) is 12.5. The number of nitrogens with one attached hydrogen (secondary N) is 1. The predicted octanol–water partition coefficient (Wildman–Crippen LogP) is 5.60. The molecule has 0 spiro atoms. The Kier molecular flexibility index (Phi) is 8.85. The Bertz CT molecular complexity index is 1120. The molecular weight excluding hydrogens is 476 g/mol. The van der Waals surface area contributed by atoms with Crippen molar-refractivity contribution in [3.8, 4) is 5.75 Å². The number of piperidine rings is 1. The lowest BCUT2D eigenvalue weighted by molar-refractivity contribution is -0.138. The maximum absolute atomic E-state index is 12.8. The van der Waals surface area contributed by atoms with E-state index in [0.29, 0.717) is 43.2 Å². The zero-order chi connectivity index (χ0) is 25.2. The largest absolute Gasteiger partial charge is 0.484 e. The first-order valence-corrected chi connectivity index (χ1v) is 12.6. The molecule has 7 heteroatoms. The molecule has 0 bridgehead atoms. The average molecular weight is 507 g/mol. The highest BCUT2D eigenvalue weighted by Gasteiger charge is 2.41. The summed E-state index contributed by atoms with van der Waals surface area (Å²) < 4.78 is 11.7. The van der Waals surface area contributed by atoms with Crippen molar-refractivity contribution in [3.63, 3.8) is 0 Å². The minimum Gasteiger partial charge on any atom is -0.484 e. The molecule has 3 aromatic carbocycles. The van der Waals surface area contributed by atoms with E-state index in [2.05, 4.69) is 17.4 Å². The van der Waals surface area contributed by atoms with E-state index in [9.17, 15) is 9.59 Å². The molecular formula is C29H31ClN2O4. The van der Waals surface area contributed by atoms with E-state index in [-0.39, 0.29) is 12.5 Å². The Morgan fingerprint density at radius 2 is 1.53 bits per heavy atom. The average Bonchev–Trinajstić information content (AvgIpc) is 2.92. The zero-order valence-corrected chi connectivity index (χ0v) is 21.0. The van der Waals surface area contributed by atoms with Crippen LogP contribution in [0.15, 0.2) is 84.9 Å². The molecule has 4 rings (SSSR count). The van der Waals surface area contributed by atoms with Gasteiger partial charge in [0.25, 0.3) is 5.91 Å². The second-order valence-electron chi connectivity index (χ2n) is 8.89. The van der Waals surface area contributed by atoms with Crippen LogP contribution in [0.3, 0.4) is 0 Å². The van der Waals surface area contributed by atoms with E-state index >= 15 is 0 Å². The van der Waals surface area contributed by atoms with Gasteiger partial charge < -0.3 is 19.7 Å². The molecule has 0 saturated carbocycles. The van der Waals surface area contributed by atoms with Gasteiger partial charge >= 0.3 is 6.09 Å². The molecule has 0 atom stereocenters. The van der Waals surface area contributed by atoms with Gasteiger partial charge in [-0.15, -0.1) is 0 Å². The molecule has 36 heavy (non-hydrogen) atoms. The number of hydrogen-bond donors (Lipinski definition) is 1. The summed E-state index contributed by atoms with van der Waals surface area (Å²) in [6.45, 7) is 1.42. The second-order valence-corrected chi connectivity index (χ2v) is 9.33. The van der Waals surface area contributed by atoms with Crippen LogP contribution in [0.2, 0.25) is 5.02 Å². The number of likely N-dealkylation sites (tertiary alicyclic amines) is 1. The van der Waals surface area contributed by atoms with Crippen molar-refractivity contribution in [2.24, 2.45) is 0 Å². The first-order valence-electron chi connectivity index (χ1n) is 12.3. The molecule has 1 aliphatic rings. The predicted molar refractivity (Wildman–Crippen MR) is 140 cm³/mol. The molecule has 1 heterocycles. The van der Waals surface area contributed by atoms with Crippen molar-refractivity contribution in [2.75, 3.05) is 26.2 Å². The number of rotatable bonds is 9. The van der Waals surface area contributed by atoms with Crippen molar-refractivity contribution in [1.82, 2.24) is 10.2 Å². The van der Waals surface area contributed by atoms with Crippen molar-refractivity contribution in [3.05, 3.63) is 101 Å². The van der Waals surface area contributed by atoms with Crippen LogP contribution >= 0.6 is 11.6 Å². The Hall–Kier alpha value is -3.51. The summed E-state index contributed by atoms with van der Waals surface area (Å²) in [5, 5.41) is 3.51. The maximum Gasteiger partial charge on any atom is 0.408 e. The van der Waals surface area contributed by atoms with Gasteiger partial charge in [0.15, 0.2) is 6.61 Å². The molecule has 1 fully saturated rings. The van der Waals surface area contributed by atoms with E-state index in [4.69, 9.17) is 21.1 Å². The quantitative estimate of drug-likeness (QED) is 0.384. The number of nitrogens with zero attached hydrogens (tertiary/aromatic N) is 1. The summed E-state index contributed by atoms with van der Waals surface area (Å²) in [7, 11) is 0. The Balaban J connectivity index is 1.30. The van der Waals surface area contributed by atoms with E-state index in [1.807, 2.05) is 48.5 Å². The molecule has 188 valence electrons. The molecule has 0 radical (unpaired) electrons. The van der Waals surface area contributed by atoms with Crippen LogP contribution in [0, 0.1) is 0 Å². The third-order valence-electron chi connectivity index (χ3n) is 6.44. The fraction of sp³-hybridized carbons (Fsp3) is 0.310. The van der Waals surface area contributed by atoms with Crippen LogP contribution in [0.4, 0.5) is 4.79 Å². The van der Waals surface area contributed by atoms with Gasteiger partial charge in [0.1, 0.15) is 11.4 Å². The van der Waals surface area contributed by atoms with Gasteiger partial charge in [-0.25, -0.2) is 4.79 Å². The number of aryl methyl sites for hydroxylation is 1. The minimum absolute atomic E-state index is 0.0529. The maximum atomic E-state index is 12.8. The van der Waals surface area contributed by atoms with E-state index < -0.39 is 11.7 Å². The first-order chi connectivity index (χ1) is 17.5. The Morgan fingerprint density at radius 1 is 0.889 bits per heavy atom. The van der Waals surface area contributed by atoms with Crippen LogP contribution < -0.4 is 10.1 Å². The summed E-state index contributed by atoms with van der Waals surface area (Å²) in [5.41, 5.74) is 1.40. The summed E-state index contributed by atoms with van der Waals surface area (Å²) >= 11 is 5.90. The van der Waals surface area contributed by atoms with Crippen molar-refractivity contribution >= 4 is 23.6 Å². The number of ether oxygens (including phenoxy) is 2. The van der Waals surface area contributed by atoms with Crippen molar-refractivity contribution in [2.45, 2.75) is 31.3 Å². The third-order valence-corrected chi connectivity index (χ3v) is 6.69. The lowest BCUT2D eigenvalue weighted by atomic mass is 9.84. The van der Waals surface area contributed by atoms with Gasteiger partial charge in [0.2, 0.25) is 0 Å².